The van der Waals surface area contributed by atoms with Crippen LogP contribution in [0.4, 0.5) is 4.79 Å². The quantitative estimate of drug-likeness (QED) is 0.775. The van der Waals surface area contributed by atoms with Crippen LogP contribution in [0.15, 0.2) is 11.6 Å². The molecular weight excluding hydrogens is 186 g/mol. The number of rotatable bonds is 2. The van der Waals surface area contributed by atoms with Crippen molar-refractivity contribution in [3.63, 3.8) is 0 Å². The number of carbonyl (C=O) groups is 1. The molecule has 0 aromatic carbocycles. The lowest BCUT2D eigenvalue weighted by Crippen LogP contribution is -2.30. The zero-order valence-corrected chi connectivity index (χ0v) is 8.17. The van der Waals surface area contributed by atoms with Gasteiger partial charge in [0.2, 0.25) is 0 Å². The maximum atomic E-state index is 11.3. The molecular formula is C8H11N3OS. The third kappa shape index (κ3) is 1.51. The first-order chi connectivity index (χ1) is 6.29. The van der Waals surface area contributed by atoms with Crippen LogP contribution in [-0.2, 0) is 0 Å². The highest BCUT2D eigenvalue weighted by molar-refractivity contribution is 7.09. The topological polar surface area (TPSA) is 45.2 Å². The maximum Gasteiger partial charge on any atom is 0.318 e. The van der Waals surface area contributed by atoms with E-state index in [1.807, 2.05) is 12.3 Å². The van der Waals surface area contributed by atoms with E-state index in [-0.39, 0.29) is 12.1 Å². The normalized spacial score (nSPS) is 18.8. The van der Waals surface area contributed by atoms with Gasteiger partial charge in [-0.25, -0.2) is 9.78 Å². The number of hydrogen-bond donors (Lipinski definition) is 1. The molecule has 5 heteroatoms. The summed E-state index contributed by atoms with van der Waals surface area (Å²) in [5, 5.41) is 5.70. The summed E-state index contributed by atoms with van der Waals surface area (Å²) in [6, 6.07) is 0.116. The molecule has 1 fully saturated rings. The Bertz CT molecular complexity index is 298. The summed E-state index contributed by atoms with van der Waals surface area (Å²) in [7, 11) is 0. The van der Waals surface area contributed by atoms with E-state index in [2.05, 4.69) is 10.3 Å². The van der Waals surface area contributed by atoms with Gasteiger partial charge < -0.3 is 10.2 Å². The fourth-order valence-electron chi connectivity index (χ4n) is 1.43. The van der Waals surface area contributed by atoms with Crippen molar-refractivity contribution in [1.82, 2.24) is 15.2 Å². The molecule has 4 nitrogen and oxygen atoms in total. The van der Waals surface area contributed by atoms with E-state index in [9.17, 15) is 4.79 Å². The Labute approximate surface area is 80.6 Å². The summed E-state index contributed by atoms with van der Waals surface area (Å²) in [5.74, 6) is 0. The van der Waals surface area contributed by atoms with E-state index in [1.54, 1.807) is 22.4 Å². The van der Waals surface area contributed by atoms with E-state index in [1.165, 1.54) is 0 Å². The Morgan fingerprint density at radius 2 is 2.62 bits per heavy atom. The summed E-state index contributed by atoms with van der Waals surface area (Å²) in [6.07, 6.45) is 1.77. The van der Waals surface area contributed by atoms with E-state index >= 15 is 0 Å². The average Bonchev–Trinajstić information content (AvgIpc) is 2.72. The SMILES string of the molecule is CC(c1nccs1)N1CCNC1=O. The summed E-state index contributed by atoms with van der Waals surface area (Å²) < 4.78 is 0. The van der Waals surface area contributed by atoms with Crippen molar-refractivity contribution in [1.29, 1.82) is 0 Å². The summed E-state index contributed by atoms with van der Waals surface area (Å²) in [4.78, 5) is 17.3. The average molecular weight is 197 g/mol. The Kier molecular flexibility index (Phi) is 2.18. The third-order valence-electron chi connectivity index (χ3n) is 2.17. The molecule has 1 atom stereocenters. The molecule has 1 aliphatic rings. The summed E-state index contributed by atoms with van der Waals surface area (Å²) in [6.45, 7) is 3.53. The predicted molar refractivity (Wildman–Crippen MR) is 50.6 cm³/mol. The van der Waals surface area contributed by atoms with Gasteiger partial charge in [-0.15, -0.1) is 11.3 Å². The lowest BCUT2D eigenvalue weighted by atomic mass is 10.3. The van der Waals surface area contributed by atoms with Gasteiger partial charge in [-0.2, -0.15) is 0 Å². The van der Waals surface area contributed by atoms with Crippen LogP contribution in [0.25, 0.3) is 0 Å². The third-order valence-corrected chi connectivity index (χ3v) is 3.11. The predicted octanol–water partition coefficient (Wildman–Crippen LogP) is 1.23. The van der Waals surface area contributed by atoms with Gasteiger partial charge in [0.15, 0.2) is 0 Å². The molecule has 2 heterocycles. The molecule has 70 valence electrons. The van der Waals surface area contributed by atoms with Gasteiger partial charge in [0.25, 0.3) is 0 Å². The molecule has 0 bridgehead atoms. The van der Waals surface area contributed by atoms with Crippen LogP contribution in [0, 0.1) is 0 Å². The lowest BCUT2D eigenvalue weighted by Gasteiger charge is -2.20. The van der Waals surface area contributed by atoms with E-state index in [4.69, 9.17) is 0 Å². The number of nitrogens with zero attached hydrogens (tertiary/aromatic N) is 2. The van der Waals surface area contributed by atoms with Crippen molar-refractivity contribution in [2.24, 2.45) is 0 Å². The Morgan fingerprint density at radius 1 is 1.77 bits per heavy atom. The molecule has 0 radical (unpaired) electrons. The number of hydrogen-bond acceptors (Lipinski definition) is 3. The van der Waals surface area contributed by atoms with E-state index in [0.717, 1.165) is 18.1 Å². The van der Waals surface area contributed by atoms with E-state index < -0.39 is 0 Å². The van der Waals surface area contributed by atoms with Crippen LogP contribution < -0.4 is 5.32 Å². The number of nitrogens with one attached hydrogen (secondary N) is 1. The molecule has 1 saturated heterocycles. The van der Waals surface area contributed by atoms with Crippen molar-refractivity contribution in [3.8, 4) is 0 Å². The van der Waals surface area contributed by atoms with Crippen molar-refractivity contribution in [3.05, 3.63) is 16.6 Å². The molecule has 0 aliphatic carbocycles. The largest absolute Gasteiger partial charge is 0.336 e. The van der Waals surface area contributed by atoms with Gasteiger partial charge in [0.1, 0.15) is 5.01 Å². The van der Waals surface area contributed by atoms with Gasteiger partial charge in [-0.1, -0.05) is 0 Å². The fraction of sp³-hybridized carbons (Fsp3) is 0.500. The first-order valence-corrected chi connectivity index (χ1v) is 5.11. The minimum absolute atomic E-state index is 0.0164. The van der Waals surface area contributed by atoms with Crippen molar-refractivity contribution < 1.29 is 4.79 Å². The Hall–Kier alpha value is -1.10. The minimum atomic E-state index is 0.0164. The van der Waals surface area contributed by atoms with Crippen molar-refractivity contribution >= 4 is 17.4 Å². The smallest absolute Gasteiger partial charge is 0.318 e. The monoisotopic (exact) mass is 197 g/mol. The highest BCUT2D eigenvalue weighted by Crippen LogP contribution is 2.22. The number of thiazole rings is 1. The zero-order valence-electron chi connectivity index (χ0n) is 7.36. The van der Waals surface area contributed by atoms with Crippen LogP contribution >= 0.6 is 11.3 Å². The molecule has 0 saturated carbocycles. The highest BCUT2D eigenvalue weighted by atomic mass is 32.1. The molecule has 1 aromatic heterocycles. The standard InChI is InChI=1S/C8H11N3OS/c1-6(7-9-3-5-13-7)11-4-2-10-8(11)12/h3,5-6H,2,4H2,1H3,(H,10,12). The fourth-order valence-corrected chi connectivity index (χ4v) is 2.14. The van der Waals surface area contributed by atoms with Gasteiger partial charge in [0.05, 0.1) is 6.04 Å². The number of aromatic nitrogens is 1. The van der Waals surface area contributed by atoms with Gasteiger partial charge in [-0.05, 0) is 6.92 Å². The Balaban J connectivity index is 2.13. The molecule has 1 aromatic rings. The van der Waals surface area contributed by atoms with Crippen molar-refractivity contribution in [2.45, 2.75) is 13.0 Å². The van der Waals surface area contributed by atoms with Crippen LogP contribution in [0.5, 0.6) is 0 Å². The molecule has 13 heavy (non-hydrogen) atoms. The molecule has 1 aliphatic heterocycles. The second kappa shape index (κ2) is 3.33. The lowest BCUT2D eigenvalue weighted by molar-refractivity contribution is 0.202. The summed E-state index contributed by atoms with van der Waals surface area (Å²) in [5.41, 5.74) is 0. The second-order valence-electron chi connectivity index (χ2n) is 2.97. The van der Waals surface area contributed by atoms with Crippen LogP contribution in [0.1, 0.15) is 18.0 Å². The van der Waals surface area contributed by atoms with E-state index in [0.29, 0.717) is 0 Å². The van der Waals surface area contributed by atoms with Gasteiger partial charge in [-0.3, -0.25) is 0 Å². The van der Waals surface area contributed by atoms with Crippen LogP contribution in [0.3, 0.4) is 0 Å². The molecule has 2 rings (SSSR count). The van der Waals surface area contributed by atoms with Crippen LogP contribution in [-0.4, -0.2) is 29.0 Å². The second-order valence-corrected chi connectivity index (χ2v) is 3.90. The molecule has 1 N–H and O–H groups in total. The summed E-state index contributed by atoms with van der Waals surface area (Å²) >= 11 is 1.59. The number of amides is 2. The zero-order chi connectivity index (χ0) is 9.26. The molecule has 1 unspecified atom stereocenters. The molecule has 2 amide bonds. The maximum absolute atomic E-state index is 11.3. The minimum Gasteiger partial charge on any atom is -0.336 e. The first kappa shape index (κ1) is 8.50. The van der Waals surface area contributed by atoms with Crippen molar-refractivity contribution in [2.75, 3.05) is 13.1 Å². The van der Waals surface area contributed by atoms with Gasteiger partial charge in [0, 0.05) is 24.7 Å². The number of carbonyl (C=O) groups excluding carboxylic acids is 1. The van der Waals surface area contributed by atoms with Gasteiger partial charge >= 0.3 is 6.03 Å². The number of urea groups is 1. The molecule has 0 spiro atoms. The Morgan fingerprint density at radius 3 is 3.15 bits per heavy atom. The van der Waals surface area contributed by atoms with Crippen LogP contribution in [0.2, 0.25) is 0 Å². The first-order valence-electron chi connectivity index (χ1n) is 4.23. The highest BCUT2D eigenvalue weighted by Gasteiger charge is 2.26.